The third-order valence-corrected chi connectivity index (χ3v) is 5.03. The van der Waals surface area contributed by atoms with Gasteiger partial charge in [-0.05, 0) is 36.8 Å². The zero-order valence-corrected chi connectivity index (χ0v) is 15.4. The molecule has 2 aromatic carbocycles. The topological polar surface area (TPSA) is 51.5 Å². The Morgan fingerprint density at radius 3 is 2.58 bits per heavy atom. The summed E-state index contributed by atoms with van der Waals surface area (Å²) in [5.41, 5.74) is 1.63. The van der Waals surface area contributed by atoms with Gasteiger partial charge in [-0.25, -0.2) is 0 Å². The second kappa shape index (κ2) is 9.15. The van der Waals surface area contributed by atoms with Crippen LogP contribution >= 0.6 is 11.8 Å². The van der Waals surface area contributed by atoms with Crippen molar-refractivity contribution in [3.05, 3.63) is 84.3 Å². The van der Waals surface area contributed by atoms with Crippen LogP contribution in [0.5, 0.6) is 5.75 Å². The predicted molar refractivity (Wildman–Crippen MR) is 105 cm³/mol. The van der Waals surface area contributed by atoms with E-state index in [1.165, 1.54) is 11.8 Å². The number of benzene rings is 2. The van der Waals surface area contributed by atoms with E-state index >= 15 is 0 Å². The predicted octanol–water partition coefficient (Wildman–Crippen LogP) is 5.29. The van der Waals surface area contributed by atoms with Crippen molar-refractivity contribution in [3.63, 3.8) is 0 Å². The monoisotopic (exact) mass is 367 g/mol. The molecule has 1 heterocycles. The number of hydrogen-bond donors (Lipinski definition) is 1. The van der Waals surface area contributed by atoms with Gasteiger partial charge in [-0.1, -0.05) is 42.5 Å². The van der Waals surface area contributed by atoms with Gasteiger partial charge in [0.1, 0.15) is 16.8 Å². The lowest BCUT2D eigenvalue weighted by molar-refractivity contribution is -0.115. The summed E-state index contributed by atoms with van der Waals surface area (Å²) < 4.78 is 11.0. The first kappa shape index (κ1) is 18.1. The standard InChI is InChI=1S/C21H21NO3S/c1-2-24-19-13-7-6-12-18(19)22-21(23)20(16-9-4-3-5-10-16)26-15-17-11-8-14-25-17/h3-14,20H,2,15H2,1H3,(H,22,23). The molecule has 0 aliphatic carbocycles. The molecule has 1 N–H and O–H groups in total. The maximum absolute atomic E-state index is 13.0. The molecule has 3 aromatic rings. The van der Waals surface area contributed by atoms with Gasteiger partial charge in [-0.3, -0.25) is 4.79 Å². The summed E-state index contributed by atoms with van der Waals surface area (Å²) in [5, 5.41) is 2.66. The van der Waals surface area contributed by atoms with Crippen LogP contribution in [0.1, 0.15) is 23.5 Å². The Morgan fingerprint density at radius 1 is 1.08 bits per heavy atom. The number of nitrogens with one attached hydrogen (secondary N) is 1. The number of amides is 1. The summed E-state index contributed by atoms with van der Waals surface area (Å²) in [6.45, 7) is 2.47. The number of ether oxygens (including phenoxy) is 1. The number of anilines is 1. The van der Waals surface area contributed by atoms with Crippen LogP contribution in [0.15, 0.2) is 77.4 Å². The first-order chi connectivity index (χ1) is 12.8. The molecule has 0 saturated heterocycles. The lowest BCUT2D eigenvalue weighted by Gasteiger charge is -2.18. The van der Waals surface area contributed by atoms with Gasteiger partial charge in [0.25, 0.3) is 0 Å². The summed E-state index contributed by atoms with van der Waals surface area (Å²) in [5.74, 6) is 2.05. The fraction of sp³-hybridized carbons (Fsp3) is 0.190. The van der Waals surface area contributed by atoms with E-state index in [4.69, 9.17) is 9.15 Å². The van der Waals surface area contributed by atoms with E-state index in [1.54, 1.807) is 6.26 Å². The number of carbonyl (C=O) groups excluding carboxylic acids is 1. The van der Waals surface area contributed by atoms with Gasteiger partial charge in [-0.2, -0.15) is 0 Å². The van der Waals surface area contributed by atoms with Gasteiger partial charge >= 0.3 is 0 Å². The lowest BCUT2D eigenvalue weighted by atomic mass is 10.1. The Labute approximate surface area is 157 Å². The molecule has 0 spiro atoms. The Hall–Kier alpha value is -2.66. The molecule has 26 heavy (non-hydrogen) atoms. The van der Waals surface area contributed by atoms with Crippen molar-refractivity contribution in [1.82, 2.24) is 0 Å². The molecule has 1 atom stereocenters. The van der Waals surface area contributed by atoms with E-state index in [0.29, 0.717) is 23.8 Å². The van der Waals surface area contributed by atoms with Gasteiger partial charge < -0.3 is 14.5 Å². The van der Waals surface area contributed by atoms with E-state index < -0.39 is 0 Å². The summed E-state index contributed by atoms with van der Waals surface area (Å²) in [6.07, 6.45) is 1.64. The minimum Gasteiger partial charge on any atom is -0.492 e. The van der Waals surface area contributed by atoms with E-state index in [1.807, 2.05) is 73.7 Å². The average molecular weight is 367 g/mol. The lowest BCUT2D eigenvalue weighted by Crippen LogP contribution is -2.19. The molecule has 0 radical (unpaired) electrons. The summed E-state index contributed by atoms with van der Waals surface area (Å²) in [4.78, 5) is 13.0. The molecule has 0 saturated carbocycles. The summed E-state index contributed by atoms with van der Waals surface area (Å²) >= 11 is 1.53. The molecule has 0 bridgehead atoms. The van der Waals surface area contributed by atoms with Gasteiger partial charge in [0.2, 0.25) is 5.91 Å². The summed E-state index contributed by atoms with van der Waals surface area (Å²) in [7, 11) is 0. The molecule has 4 nitrogen and oxygen atoms in total. The van der Waals surface area contributed by atoms with Crippen molar-refractivity contribution in [1.29, 1.82) is 0 Å². The first-order valence-corrected chi connectivity index (χ1v) is 9.54. The van der Waals surface area contributed by atoms with E-state index in [9.17, 15) is 4.79 Å². The molecule has 0 aliphatic rings. The van der Waals surface area contributed by atoms with E-state index in [2.05, 4.69) is 5.32 Å². The third kappa shape index (κ3) is 4.70. The fourth-order valence-corrected chi connectivity index (χ4v) is 3.62. The number of para-hydroxylation sites is 2. The van der Waals surface area contributed by atoms with Crippen LogP contribution in [0.2, 0.25) is 0 Å². The van der Waals surface area contributed by atoms with Crippen LogP contribution in [-0.4, -0.2) is 12.5 Å². The molecular formula is C21H21NO3S. The van der Waals surface area contributed by atoms with Crippen molar-refractivity contribution in [2.24, 2.45) is 0 Å². The van der Waals surface area contributed by atoms with Gasteiger partial charge in [0.15, 0.2) is 0 Å². The molecule has 134 valence electrons. The highest BCUT2D eigenvalue weighted by Crippen LogP contribution is 2.34. The number of thioether (sulfide) groups is 1. The minimum absolute atomic E-state index is 0.0834. The minimum atomic E-state index is -0.351. The van der Waals surface area contributed by atoms with Crippen LogP contribution in [0.3, 0.4) is 0 Å². The Balaban J connectivity index is 1.78. The SMILES string of the molecule is CCOc1ccccc1NC(=O)C(SCc1ccco1)c1ccccc1. The fourth-order valence-electron chi connectivity index (χ4n) is 2.56. The number of carbonyl (C=O) groups is 1. The second-order valence-corrected chi connectivity index (χ2v) is 6.69. The second-order valence-electron chi connectivity index (χ2n) is 5.60. The smallest absolute Gasteiger partial charge is 0.242 e. The van der Waals surface area contributed by atoms with Crippen LogP contribution in [-0.2, 0) is 10.5 Å². The zero-order valence-electron chi connectivity index (χ0n) is 14.6. The van der Waals surface area contributed by atoms with Crippen molar-refractivity contribution >= 4 is 23.4 Å². The van der Waals surface area contributed by atoms with Gasteiger partial charge in [0, 0.05) is 0 Å². The molecule has 1 unspecified atom stereocenters. The third-order valence-electron chi connectivity index (χ3n) is 3.76. The average Bonchev–Trinajstić information content (AvgIpc) is 3.18. The molecule has 1 aromatic heterocycles. The van der Waals surface area contributed by atoms with Crippen molar-refractivity contribution in [2.45, 2.75) is 17.9 Å². The zero-order chi connectivity index (χ0) is 18.2. The van der Waals surface area contributed by atoms with Gasteiger partial charge in [0.05, 0.1) is 24.3 Å². The molecule has 1 amide bonds. The maximum Gasteiger partial charge on any atom is 0.242 e. The van der Waals surface area contributed by atoms with Crippen molar-refractivity contribution < 1.29 is 13.9 Å². The molecule has 0 aliphatic heterocycles. The highest BCUT2D eigenvalue weighted by molar-refractivity contribution is 7.99. The Morgan fingerprint density at radius 2 is 1.85 bits per heavy atom. The Kier molecular flexibility index (Phi) is 6.39. The van der Waals surface area contributed by atoms with E-state index in [-0.39, 0.29) is 11.2 Å². The van der Waals surface area contributed by atoms with Crippen LogP contribution in [0.25, 0.3) is 0 Å². The number of furan rings is 1. The Bertz CT molecular complexity index is 818. The molecule has 3 rings (SSSR count). The number of rotatable bonds is 8. The highest BCUT2D eigenvalue weighted by Gasteiger charge is 2.22. The molecular weight excluding hydrogens is 346 g/mol. The molecule has 5 heteroatoms. The van der Waals surface area contributed by atoms with E-state index in [0.717, 1.165) is 11.3 Å². The van der Waals surface area contributed by atoms with Crippen molar-refractivity contribution in [2.75, 3.05) is 11.9 Å². The molecule has 0 fully saturated rings. The summed E-state index contributed by atoms with van der Waals surface area (Å²) in [6, 6.07) is 21.0. The van der Waals surface area contributed by atoms with Gasteiger partial charge in [-0.15, -0.1) is 11.8 Å². The van der Waals surface area contributed by atoms with Crippen LogP contribution < -0.4 is 10.1 Å². The normalized spacial score (nSPS) is 11.7. The highest BCUT2D eigenvalue weighted by atomic mass is 32.2. The van der Waals surface area contributed by atoms with Crippen LogP contribution in [0, 0.1) is 0 Å². The van der Waals surface area contributed by atoms with Crippen molar-refractivity contribution in [3.8, 4) is 5.75 Å². The largest absolute Gasteiger partial charge is 0.492 e. The quantitative estimate of drug-likeness (QED) is 0.588. The van der Waals surface area contributed by atoms with Crippen LogP contribution in [0.4, 0.5) is 5.69 Å². The maximum atomic E-state index is 13.0. The number of hydrogen-bond acceptors (Lipinski definition) is 4. The first-order valence-electron chi connectivity index (χ1n) is 8.49.